The van der Waals surface area contributed by atoms with Crippen molar-refractivity contribution in [1.29, 1.82) is 0 Å². The summed E-state index contributed by atoms with van der Waals surface area (Å²) in [5.41, 5.74) is 7.78. The van der Waals surface area contributed by atoms with E-state index in [1.54, 1.807) is 0 Å². The zero-order valence-electron chi connectivity index (χ0n) is 8.51. The third-order valence-electron chi connectivity index (χ3n) is 2.41. The number of nitrogens with zero attached hydrogens (tertiary/aromatic N) is 3. The first-order chi connectivity index (χ1) is 7.31. The summed E-state index contributed by atoms with van der Waals surface area (Å²) in [5, 5.41) is 13.8. The van der Waals surface area contributed by atoms with Gasteiger partial charge in [-0.05, 0) is 29.3 Å². The summed E-state index contributed by atoms with van der Waals surface area (Å²) in [5.74, 6) is 0.956. The molecule has 1 unspecified atom stereocenters. The highest BCUT2D eigenvalue weighted by Crippen LogP contribution is 2.20. The van der Waals surface area contributed by atoms with Gasteiger partial charge in [-0.3, -0.25) is 0 Å². The van der Waals surface area contributed by atoms with Gasteiger partial charge in [-0.1, -0.05) is 25.1 Å². The summed E-state index contributed by atoms with van der Waals surface area (Å²) in [7, 11) is 0. The van der Waals surface area contributed by atoms with Crippen LogP contribution in [0.4, 0.5) is 0 Å². The molecule has 1 heterocycles. The lowest BCUT2D eigenvalue weighted by Crippen LogP contribution is -2.08. The van der Waals surface area contributed by atoms with Crippen LogP contribution in [-0.4, -0.2) is 27.2 Å². The summed E-state index contributed by atoms with van der Waals surface area (Å²) < 4.78 is 0. The average Bonchev–Trinajstić information content (AvgIpc) is 2.82. The summed E-state index contributed by atoms with van der Waals surface area (Å²) in [6.45, 7) is 2.73. The predicted molar refractivity (Wildman–Crippen MR) is 57.1 cm³/mol. The van der Waals surface area contributed by atoms with Gasteiger partial charge >= 0.3 is 0 Å². The van der Waals surface area contributed by atoms with Gasteiger partial charge in [0, 0.05) is 5.56 Å². The summed E-state index contributed by atoms with van der Waals surface area (Å²) in [4.78, 5) is 0. The lowest BCUT2D eigenvalue weighted by Gasteiger charge is -2.08. The number of tetrazole rings is 1. The highest BCUT2D eigenvalue weighted by Gasteiger charge is 2.07. The molecule has 1 aromatic heterocycles. The van der Waals surface area contributed by atoms with E-state index in [1.165, 1.54) is 5.56 Å². The largest absolute Gasteiger partial charge is 0.330 e. The Morgan fingerprint density at radius 3 is 3.00 bits per heavy atom. The molecule has 78 valence electrons. The zero-order chi connectivity index (χ0) is 10.7. The maximum atomic E-state index is 5.62. The van der Waals surface area contributed by atoms with Gasteiger partial charge < -0.3 is 5.73 Å². The fourth-order valence-electron chi connectivity index (χ4n) is 1.40. The molecule has 0 aliphatic heterocycles. The number of hydrogen-bond donors (Lipinski definition) is 2. The van der Waals surface area contributed by atoms with E-state index in [9.17, 15) is 0 Å². The Morgan fingerprint density at radius 2 is 2.33 bits per heavy atom. The maximum Gasteiger partial charge on any atom is 0.204 e. The molecule has 15 heavy (non-hydrogen) atoms. The predicted octanol–water partition coefficient (Wildman–Crippen LogP) is 0.929. The fraction of sp³-hybridized carbons (Fsp3) is 0.300. The van der Waals surface area contributed by atoms with Crippen LogP contribution < -0.4 is 5.73 Å². The minimum atomic E-state index is 0.344. The number of aromatic nitrogens is 4. The topological polar surface area (TPSA) is 80.5 Å². The second kappa shape index (κ2) is 4.18. The van der Waals surface area contributed by atoms with Crippen molar-refractivity contribution in [3.8, 4) is 11.4 Å². The van der Waals surface area contributed by atoms with Gasteiger partial charge in [-0.15, -0.1) is 10.2 Å². The number of rotatable bonds is 3. The van der Waals surface area contributed by atoms with Crippen LogP contribution in [0.3, 0.4) is 0 Å². The molecule has 0 aliphatic rings. The normalized spacial score (nSPS) is 12.7. The molecule has 0 saturated carbocycles. The van der Waals surface area contributed by atoms with E-state index >= 15 is 0 Å². The van der Waals surface area contributed by atoms with Gasteiger partial charge in [0.25, 0.3) is 0 Å². The van der Waals surface area contributed by atoms with Crippen molar-refractivity contribution in [3.05, 3.63) is 29.8 Å². The Kier molecular flexibility index (Phi) is 2.73. The molecule has 0 bridgehead atoms. The van der Waals surface area contributed by atoms with Gasteiger partial charge in [-0.2, -0.15) is 5.21 Å². The quantitative estimate of drug-likeness (QED) is 0.777. The van der Waals surface area contributed by atoms with Crippen molar-refractivity contribution in [2.75, 3.05) is 6.54 Å². The van der Waals surface area contributed by atoms with Gasteiger partial charge in [0.05, 0.1) is 0 Å². The summed E-state index contributed by atoms with van der Waals surface area (Å²) >= 11 is 0. The lowest BCUT2D eigenvalue weighted by molar-refractivity contribution is 0.774. The zero-order valence-corrected chi connectivity index (χ0v) is 8.51. The molecule has 3 N–H and O–H groups in total. The standard InChI is InChI=1S/C10H13N5/c1-7(6-11)8-3-2-4-9(5-8)10-12-14-15-13-10/h2-5,7H,6,11H2,1H3,(H,12,13,14,15). The van der Waals surface area contributed by atoms with Crippen LogP contribution in [0.5, 0.6) is 0 Å². The van der Waals surface area contributed by atoms with Crippen LogP contribution in [0.2, 0.25) is 0 Å². The van der Waals surface area contributed by atoms with Crippen LogP contribution in [0, 0.1) is 0 Å². The Bertz CT molecular complexity index is 423. The van der Waals surface area contributed by atoms with Crippen molar-refractivity contribution in [3.63, 3.8) is 0 Å². The average molecular weight is 203 g/mol. The molecule has 0 saturated heterocycles. The molecule has 1 aromatic carbocycles. The van der Waals surface area contributed by atoms with E-state index in [2.05, 4.69) is 33.6 Å². The van der Waals surface area contributed by atoms with Crippen LogP contribution in [-0.2, 0) is 0 Å². The Hall–Kier alpha value is -1.75. The number of hydrogen-bond acceptors (Lipinski definition) is 4. The van der Waals surface area contributed by atoms with E-state index in [-0.39, 0.29) is 0 Å². The second-order valence-electron chi connectivity index (χ2n) is 3.50. The first-order valence-electron chi connectivity index (χ1n) is 4.85. The van der Waals surface area contributed by atoms with E-state index in [0.29, 0.717) is 18.3 Å². The second-order valence-corrected chi connectivity index (χ2v) is 3.50. The number of aromatic amines is 1. The van der Waals surface area contributed by atoms with Crippen molar-refractivity contribution in [2.24, 2.45) is 5.73 Å². The maximum absolute atomic E-state index is 5.62. The molecule has 0 radical (unpaired) electrons. The van der Waals surface area contributed by atoms with Crippen molar-refractivity contribution in [2.45, 2.75) is 12.8 Å². The van der Waals surface area contributed by atoms with E-state index in [4.69, 9.17) is 5.73 Å². The van der Waals surface area contributed by atoms with Gasteiger partial charge in [0.2, 0.25) is 5.82 Å². The molecule has 0 fully saturated rings. The number of nitrogens with one attached hydrogen (secondary N) is 1. The van der Waals surface area contributed by atoms with Crippen LogP contribution >= 0.6 is 0 Å². The first-order valence-corrected chi connectivity index (χ1v) is 4.85. The van der Waals surface area contributed by atoms with Gasteiger partial charge in [0.15, 0.2) is 0 Å². The van der Waals surface area contributed by atoms with Crippen LogP contribution in [0.25, 0.3) is 11.4 Å². The van der Waals surface area contributed by atoms with Crippen molar-refractivity contribution >= 4 is 0 Å². The van der Waals surface area contributed by atoms with E-state index in [1.807, 2.05) is 18.2 Å². The van der Waals surface area contributed by atoms with Crippen LogP contribution in [0.15, 0.2) is 24.3 Å². The van der Waals surface area contributed by atoms with Crippen molar-refractivity contribution < 1.29 is 0 Å². The summed E-state index contributed by atoms with van der Waals surface area (Å²) in [6, 6.07) is 8.04. The summed E-state index contributed by atoms with van der Waals surface area (Å²) in [6.07, 6.45) is 0. The molecule has 5 nitrogen and oxygen atoms in total. The van der Waals surface area contributed by atoms with Gasteiger partial charge in [-0.25, -0.2) is 0 Å². The third-order valence-corrected chi connectivity index (χ3v) is 2.41. The molecule has 0 amide bonds. The number of H-pyrrole nitrogens is 1. The molecular formula is C10H13N5. The smallest absolute Gasteiger partial charge is 0.204 e. The fourth-order valence-corrected chi connectivity index (χ4v) is 1.40. The molecule has 5 heteroatoms. The lowest BCUT2D eigenvalue weighted by atomic mass is 9.99. The molecule has 0 spiro atoms. The molecule has 0 aliphatic carbocycles. The Morgan fingerprint density at radius 1 is 1.47 bits per heavy atom. The van der Waals surface area contributed by atoms with E-state index in [0.717, 1.165) is 5.56 Å². The van der Waals surface area contributed by atoms with Crippen LogP contribution in [0.1, 0.15) is 18.4 Å². The Labute approximate surface area is 87.7 Å². The number of nitrogens with two attached hydrogens (primary N) is 1. The first kappa shape index (κ1) is 9.79. The SMILES string of the molecule is CC(CN)c1cccc(-c2nn[nH]n2)c1. The molecule has 1 atom stereocenters. The minimum Gasteiger partial charge on any atom is -0.330 e. The highest BCUT2D eigenvalue weighted by molar-refractivity contribution is 5.55. The molecular weight excluding hydrogens is 190 g/mol. The van der Waals surface area contributed by atoms with E-state index < -0.39 is 0 Å². The molecule has 2 aromatic rings. The highest BCUT2D eigenvalue weighted by atomic mass is 15.5. The molecule has 2 rings (SSSR count). The number of benzene rings is 1. The Balaban J connectivity index is 2.35. The monoisotopic (exact) mass is 203 g/mol. The van der Waals surface area contributed by atoms with Gasteiger partial charge in [0.1, 0.15) is 0 Å². The third kappa shape index (κ3) is 2.02. The minimum absolute atomic E-state index is 0.344. The van der Waals surface area contributed by atoms with Crippen molar-refractivity contribution in [1.82, 2.24) is 20.6 Å².